The van der Waals surface area contributed by atoms with Gasteiger partial charge in [0.15, 0.2) is 5.82 Å². The molecule has 7 heteroatoms. The minimum absolute atomic E-state index is 0.0162. The van der Waals surface area contributed by atoms with E-state index in [1.165, 1.54) is 0 Å². The fraction of sp³-hybridized carbons (Fsp3) is 0.160. The van der Waals surface area contributed by atoms with E-state index in [2.05, 4.69) is 38.8 Å². The predicted molar refractivity (Wildman–Crippen MR) is 127 cm³/mol. The minimum atomic E-state index is 0.0162. The van der Waals surface area contributed by atoms with E-state index in [-0.39, 0.29) is 5.91 Å². The monoisotopic (exact) mass is 424 g/mol. The second-order valence-electron chi connectivity index (χ2n) is 7.84. The molecule has 5 rings (SSSR count). The summed E-state index contributed by atoms with van der Waals surface area (Å²) in [6.45, 7) is 0.501. The van der Waals surface area contributed by atoms with Gasteiger partial charge in [0.25, 0.3) is 0 Å². The van der Waals surface area contributed by atoms with Gasteiger partial charge in [-0.25, -0.2) is 9.97 Å². The van der Waals surface area contributed by atoms with E-state index in [0.717, 1.165) is 50.3 Å². The van der Waals surface area contributed by atoms with E-state index in [4.69, 9.17) is 4.98 Å². The van der Waals surface area contributed by atoms with Gasteiger partial charge in [0.05, 0.1) is 18.3 Å². The lowest BCUT2D eigenvalue weighted by Gasteiger charge is -2.06. The SMILES string of the molecule is CNc1nc2[nH]c(-c3ccc(CNC(=O)Cc4ccccc4)cc3)cc2c2c1ncn2C. The van der Waals surface area contributed by atoms with Crippen LogP contribution in [-0.2, 0) is 24.8 Å². The number of imidazole rings is 1. The van der Waals surface area contributed by atoms with Gasteiger partial charge in [-0.2, -0.15) is 0 Å². The quantitative estimate of drug-likeness (QED) is 0.384. The van der Waals surface area contributed by atoms with Gasteiger partial charge in [-0.15, -0.1) is 0 Å². The number of nitrogens with one attached hydrogen (secondary N) is 3. The third-order valence-electron chi connectivity index (χ3n) is 5.64. The number of fused-ring (bicyclic) bond motifs is 3. The number of H-pyrrole nitrogens is 1. The maximum atomic E-state index is 12.2. The summed E-state index contributed by atoms with van der Waals surface area (Å²) in [5.41, 5.74) is 6.83. The zero-order valence-corrected chi connectivity index (χ0v) is 18.0. The molecule has 7 nitrogen and oxygen atoms in total. The molecule has 0 bridgehead atoms. The zero-order valence-electron chi connectivity index (χ0n) is 18.0. The van der Waals surface area contributed by atoms with Crippen molar-refractivity contribution in [2.75, 3.05) is 12.4 Å². The molecule has 0 aliphatic heterocycles. The van der Waals surface area contributed by atoms with Gasteiger partial charge in [0, 0.05) is 31.7 Å². The van der Waals surface area contributed by atoms with Gasteiger partial charge in [-0.3, -0.25) is 4.79 Å². The van der Waals surface area contributed by atoms with Crippen LogP contribution < -0.4 is 10.6 Å². The highest BCUT2D eigenvalue weighted by atomic mass is 16.1. The molecule has 0 saturated heterocycles. The number of benzene rings is 2. The molecule has 3 aromatic heterocycles. The number of hydrogen-bond donors (Lipinski definition) is 3. The number of aromatic amines is 1. The molecule has 0 aliphatic carbocycles. The second-order valence-corrected chi connectivity index (χ2v) is 7.84. The van der Waals surface area contributed by atoms with Crippen LogP contribution in [0.1, 0.15) is 11.1 Å². The summed E-state index contributed by atoms with van der Waals surface area (Å²) in [5.74, 6) is 0.769. The van der Waals surface area contributed by atoms with Gasteiger partial charge >= 0.3 is 0 Å². The van der Waals surface area contributed by atoms with Crippen molar-refractivity contribution in [1.82, 2.24) is 24.8 Å². The zero-order chi connectivity index (χ0) is 22.1. The summed E-state index contributed by atoms with van der Waals surface area (Å²) in [4.78, 5) is 24.8. The number of amides is 1. The topological polar surface area (TPSA) is 87.6 Å². The van der Waals surface area contributed by atoms with Crippen molar-refractivity contribution in [3.05, 3.63) is 78.1 Å². The second kappa shape index (κ2) is 8.19. The molecule has 3 heterocycles. The number of aryl methyl sites for hydroxylation is 1. The molecular formula is C25H24N6O. The summed E-state index contributed by atoms with van der Waals surface area (Å²) in [6, 6.07) is 20.1. The van der Waals surface area contributed by atoms with Crippen LogP contribution in [0.5, 0.6) is 0 Å². The van der Waals surface area contributed by atoms with Crippen molar-refractivity contribution in [3.8, 4) is 11.3 Å². The van der Waals surface area contributed by atoms with Crippen molar-refractivity contribution < 1.29 is 4.79 Å². The Morgan fingerprint density at radius 2 is 1.84 bits per heavy atom. The minimum Gasteiger partial charge on any atom is -0.371 e. The summed E-state index contributed by atoms with van der Waals surface area (Å²) < 4.78 is 2.01. The molecule has 0 atom stereocenters. The van der Waals surface area contributed by atoms with Crippen molar-refractivity contribution >= 4 is 33.8 Å². The Kier molecular flexibility index (Phi) is 5.07. The maximum absolute atomic E-state index is 12.2. The molecule has 0 fully saturated rings. The van der Waals surface area contributed by atoms with Crippen LogP contribution in [0.2, 0.25) is 0 Å². The summed E-state index contributed by atoms with van der Waals surface area (Å²) >= 11 is 0. The fourth-order valence-electron chi connectivity index (χ4n) is 3.97. The van der Waals surface area contributed by atoms with E-state index in [1.54, 1.807) is 6.33 Å². The van der Waals surface area contributed by atoms with Crippen LogP contribution in [0.3, 0.4) is 0 Å². The largest absolute Gasteiger partial charge is 0.371 e. The van der Waals surface area contributed by atoms with Gasteiger partial charge in [0.1, 0.15) is 11.2 Å². The Hall–Kier alpha value is -4.13. The molecule has 1 amide bonds. The number of carbonyl (C=O) groups excluding carboxylic acids is 1. The van der Waals surface area contributed by atoms with Crippen LogP contribution in [0.15, 0.2) is 67.0 Å². The first-order valence-electron chi connectivity index (χ1n) is 10.5. The highest BCUT2D eigenvalue weighted by molar-refractivity contribution is 6.07. The molecule has 0 aliphatic rings. The first-order chi connectivity index (χ1) is 15.6. The van der Waals surface area contributed by atoms with E-state index >= 15 is 0 Å². The van der Waals surface area contributed by atoms with Gasteiger partial charge < -0.3 is 20.2 Å². The number of pyridine rings is 1. The first kappa shape index (κ1) is 19.8. The first-order valence-corrected chi connectivity index (χ1v) is 10.5. The number of carbonyl (C=O) groups is 1. The molecule has 32 heavy (non-hydrogen) atoms. The van der Waals surface area contributed by atoms with Crippen molar-refractivity contribution in [3.63, 3.8) is 0 Å². The number of nitrogens with zero attached hydrogens (tertiary/aromatic N) is 3. The molecular weight excluding hydrogens is 400 g/mol. The Labute approximate surface area is 185 Å². The Morgan fingerprint density at radius 3 is 2.59 bits per heavy atom. The summed E-state index contributed by atoms with van der Waals surface area (Å²) in [6.07, 6.45) is 2.19. The van der Waals surface area contributed by atoms with Gasteiger partial charge in [-0.05, 0) is 22.8 Å². The number of anilines is 1. The maximum Gasteiger partial charge on any atom is 0.224 e. The third-order valence-corrected chi connectivity index (χ3v) is 5.64. The number of rotatable bonds is 6. The average Bonchev–Trinajstić information content (AvgIpc) is 3.41. The van der Waals surface area contributed by atoms with E-state index in [0.29, 0.717) is 13.0 Å². The van der Waals surface area contributed by atoms with E-state index in [1.807, 2.05) is 61.1 Å². The molecule has 0 saturated carbocycles. The molecule has 3 N–H and O–H groups in total. The van der Waals surface area contributed by atoms with Crippen LogP contribution in [0, 0.1) is 0 Å². The normalized spacial score (nSPS) is 11.2. The van der Waals surface area contributed by atoms with Crippen LogP contribution >= 0.6 is 0 Å². The Morgan fingerprint density at radius 1 is 1.06 bits per heavy atom. The molecule has 0 spiro atoms. The Balaban J connectivity index is 1.34. The highest BCUT2D eigenvalue weighted by Gasteiger charge is 2.15. The average molecular weight is 425 g/mol. The smallest absolute Gasteiger partial charge is 0.224 e. The third kappa shape index (κ3) is 3.69. The van der Waals surface area contributed by atoms with Gasteiger partial charge in [0.2, 0.25) is 5.91 Å². The van der Waals surface area contributed by atoms with Gasteiger partial charge in [-0.1, -0.05) is 54.6 Å². The lowest BCUT2D eigenvalue weighted by molar-refractivity contribution is -0.120. The molecule has 5 aromatic rings. The molecule has 0 radical (unpaired) electrons. The standard InChI is InChI=1S/C25H24N6O/c1-26-25-22-23(31(2)15-28-22)19-13-20(29-24(19)30-25)18-10-8-17(9-11-18)14-27-21(32)12-16-6-4-3-5-7-16/h3-11,13,15H,12,14H2,1-2H3,(H,27,32)(H2,26,29,30). The Bertz CT molecular complexity index is 1400. The number of aromatic nitrogens is 4. The van der Waals surface area contributed by atoms with Crippen LogP contribution in [0.25, 0.3) is 33.3 Å². The molecule has 160 valence electrons. The summed E-state index contributed by atoms with van der Waals surface area (Å²) in [5, 5.41) is 7.15. The fourth-order valence-corrected chi connectivity index (χ4v) is 3.97. The van der Waals surface area contributed by atoms with Crippen molar-refractivity contribution in [2.45, 2.75) is 13.0 Å². The van der Waals surface area contributed by atoms with E-state index in [9.17, 15) is 4.79 Å². The number of hydrogen-bond acceptors (Lipinski definition) is 4. The van der Waals surface area contributed by atoms with Crippen molar-refractivity contribution in [2.24, 2.45) is 7.05 Å². The molecule has 2 aromatic carbocycles. The van der Waals surface area contributed by atoms with Crippen LogP contribution in [-0.4, -0.2) is 32.5 Å². The van der Waals surface area contributed by atoms with Crippen LogP contribution in [0.4, 0.5) is 5.82 Å². The summed E-state index contributed by atoms with van der Waals surface area (Å²) in [7, 11) is 3.84. The van der Waals surface area contributed by atoms with Crippen molar-refractivity contribution in [1.29, 1.82) is 0 Å². The molecule has 0 unspecified atom stereocenters. The lowest BCUT2D eigenvalue weighted by atomic mass is 10.1. The predicted octanol–water partition coefficient (Wildman–Crippen LogP) is 4.02. The lowest BCUT2D eigenvalue weighted by Crippen LogP contribution is -2.24. The van der Waals surface area contributed by atoms with E-state index < -0.39 is 0 Å². The highest BCUT2D eigenvalue weighted by Crippen LogP contribution is 2.31.